The van der Waals surface area contributed by atoms with Gasteiger partial charge < -0.3 is 0 Å². The van der Waals surface area contributed by atoms with E-state index in [9.17, 15) is 0 Å². The van der Waals surface area contributed by atoms with Crippen molar-refractivity contribution in [3.63, 3.8) is 0 Å². The first-order valence-electron chi connectivity index (χ1n) is 8.00. The van der Waals surface area contributed by atoms with E-state index < -0.39 is 0 Å². The second-order valence-electron chi connectivity index (χ2n) is 5.34. The van der Waals surface area contributed by atoms with Crippen molar-refractivity contribution < 1.29 is 4.68 Å². The molecule has 2 aromatic carbocycles. The highest BCUT2D eigenvalue weighted by molar-refractivity contribution is 5.51. The van der Waals surface area contributed by atoms with Crippen molar-refractivity contribution in [3.8, 4) is 0 Å². The van der Waals surface area contributed by atoms with Gasteiger partial charge in [-0.1, -0.05) is 49.4 Å². The largest absolute Gasteiger partial charge is 0.279 e. The molecule has 0 spiro atoms. The van der Waals surface area contributed by atoms with Gasteiger partial charge in [-0.05, 0) is 43.5 Å². The van der Waals surface area contributed by atoms with Gasteiger partial charge in [0.15, 0.2) is 5.69 Å². The lowest BCUT2D eigenvalue weighted by Crippen LogP contribution is -2.32. The summed E-state index contributed by atoms with van der Waals surface area (Å²) in [7, 11) is 0. The molecule has 2 N–H and O–H groups in total. The Hall–Kier alpha value is -2.29. The molecule has 0 aromatic heterocycles. The van der Waals surface area contributed by atoms with Gasteiger partial charge in [0.1, 0.15) is 0 Å². The van der Waals surface area contributed by atoms with E-state index in [4.69, 9.17) is 0 Å². The van der Waals surface area contributed by atoms with E-state index >= 15 is 0 Å². The Morgan fingerprint density at radius 1 is 1.05 bits per heavy atom. The van der Waals surface area contributed by atoms with Crippen molar-refractivity contribution in [3.05, 3.63) is 65.7 Å². The highest BCUT2D eigenvalue weighted by Gasteiger charge is 2.11. The summed E-state index contributed by atoms with van der Waals surface area (Å²) in [6.45, 7) is 7.34. The number of nitrogens with zero attached hydrogens (tertiary/aromatic N) is 1. The lowest BCUT2D eigenvalue weighted by atomic mass is 10.1. The topological polar surface area (TPSA) is 27.1 Å². The highest BCUT2D eigenvalue weighted by atomic mass is 15.5. The standard InChI is InChI=1S/C19H25N3/c1-4-17-10-9-13-19(14-17)22(15-20-5-2)21-16(3)18-11-7-6-8-12-18/h6-16,21H,4-5H2,1-3H3/p+1/t16-/m0/s1. The Kier molecular flexibility index (Phi) is 6.01. The number of hydrogen-bond donors (Lipinski definition) is 2. The molecule has 0 radical (unpaired) electrons. The third-order valence-corrected chi connectivity index (χ3v) is 3.65. The monoisotopic (exact) mass is 296 g/mol. The van der Waals surface area contributed by atoms with Crippen LogP contribution in [0.15, 0.2) is 54.6 Å². The van der Waals surface area contributed by atoms with Crippen LogP contribution in [0, 0.1) is 0 Å². The molecular formula is C19H26N3+. The van der Waals surface area contributed by atoms with Gasteiger partial charge in [0.25, 0.3) is 6.34 Å². The third kappa shape index (κ3) is 4.35. The maximum absolute atomic E-state index is 3.55. The average Bonchev–Trinajstić information content (AvgIpc) is 2.59. The van der Waals surface area contributed by atoms with Gasteiger partial charge in [0.05, 0.1) is 12.6 Å². The zero-order valence-electron chi connectivity index (χ0n) is 13.7. The lowest BCUT2D eigenvalue weighted by Gasteiger charge is -2.17. The fourth-order valence-electron chi connectivity index (χ4n) is 2.32. The summed E-state index contributed by atoms with van der Waals surface area (Å²) in [5.41, 5.74) is 7.30. The molecule has 0 heterocycles. The van der Waals surface area contributed by atoms with Gasteiger partial charge in [-0.15, -0.1) is 4.68 Å². The summed E-state index contributed by atoms with van der Waals surface area (Å²) in [5, 5.41) is 3.28. The van der Waals surface area contributed by atoms with E-state index in [1.807, 2.05) is 12.4 Å². The maximum Gasteiger partial charge on any atom is 0.260 e. The first-order chi connectivity index (χ1) is 10.7. The molecule has 0 fully saturated rings. The predicted molar refractivity (Wildman–Crippen MR) is 93.5 cm³/mol. The molecule has 0 aliphatic rings. The number of rotatable bonds is 7. The molecule has 0 amide bonds. The van der Waals surface area contributed by atoms with Crippen LogP contribution in [0.5, 0.6) is 0 Å². The zero-order valence-corrected chi connectivity index (χ0v) is 13.7. The van der Waals surface area contributed by atoms with Crippen molar-refractivity contribution in [1.29, 1.82) is 0 Å². The Labute approximate surface area is 133 Å². The molecule has 0 saturated carbocycles. The van der Waals surface area contributed by atoms with Crippen LogP contribution in [0.1, 0.15) is 37.9 Å². The first kappa shape index (κ1) is 16.1. The van der Waals surface area contributed by atoms with Crippen LogP contribution >= 0.6 is 0 Å². The second kappa shape index (κ2) is 8.23. The van der Waals surface area contributed by atoms with Crippen LogP contribution < -0.4 is 10.7 Å². The predicted octanol–water partition coefficient (Wildman–Crippen LogP) is 3.80. The minimum absolute atomic E-state index is 0.224. The maximum atomic E-state index is 3.55. The van der Waals surface area contributed by atoms with Crippen LogP contribution in [0.25, 0.3) is 0 Å². The molecule has 0 saturated heterocycles. The minimum Gasteiger partial charge on any atom is -0.279 e. The number of hydrazine groups is 1. The Morgan fingerprint density at radius 2 is 1.82 bits per heavy atom. The van der Waals surface area contributed by atoms with Gasteiger partial charge in [-0.2, -0.15) is 0 Å². The quantitative estimate of drug-likeness (QED) is 0.352. The summed E-state index contributed by atoms with van der Waals surface area (Å²) in [6.07, 6.45) is 3.03. The molecule has 2 aromatic rings. The molecule has 0 unspecified atom stereocenters. The van der Waals surface area contributed by atoms with Gasteiger partial charge in [0, 0.05) is 0 Å². The van der Waals surface area contributed by atoms with Crippen molar-refractivity contribution >= 4 is 12.0 Å². The average molecular weight is 296 g/mol. The molecule has 116 valence electrons. The van der Waals surface area contributed by atoms with Gasteiger partial charge >= 0.3 is 0 Å². The van der Waals surface area contributed by atoms with Crippen LogP contribution in [0.4, 0.5) is 5.69 Å². The van der Waals surface area contributed by atoms with E-state index in [1.165, 1.54) is 11.1 Å². The van der Waals surface area contributed by atoms with E-state index in [-0.39, 0.29) is 6.04 Å². The Balaban J connectivity index is 2.23. The summed E-state index contributed by atoms with van der Waals surface area (Å²) >= 11 is 0. The van der Waals surface area contributed by atoms with Crippen molar-refractivity contribution in [2.45, 2.75) is 33.2 Å². The molecule has 22 heavy (non-hydrogen) atoms. The van der Waals surface area contributed by atoms with Gasteiger partial charge in [-0.3, -0.25) is 5.32 Å². The zero-order chi connectivity index (χ0) is 15.8. The molecule has 0 aliphatic heterocycles. The normalized spacial score (nSPS) is 12.8. The SMILES string of the molecule is CCNC=[N+](N[C@@H](C)c1ccccc1)c1cccc(CC)c1. The number of benzene rings is 2. The van der Waals surface area contributed by atoms with Gasteiger partial charge in [-0.25, -0.2) is 5.43 Å². The molecule has 0 bridgehead atoms. The van der Waals surface area contributed by atoms with E-state index in [0.717, 1.165) is 18.7 Å². The number of hydrazone groups is 1. The van der Waals surface area contributed by atoms with Crippen LogP contribution in [0.2, 0.25) is 0 Å². The Morgan fingerprint density at radius 3 is 2.50 bits per heavy atom. The molecular weight excluding hydrogens is 270 g/mol. The number of hydrogen-bond acceptors (Lipinski definition) is 1. The fourth-order valence-corrected chi connectivity index (χ4v) is 2.32. The summed E-state index contributed by atoms with van der Waals surface area (Å²) in [5.74, 6) is 0. The van der Waals surface area contributed by atoms with Crippen LogP contribution in [-0.4, -0.2) is 17.6 Å². The van der Waals surface area contributed by atoms with Crippen molar-refractivity contribution in [1.82, 2.24) is 10.7 Å². The van der Waals surface area contributed by atoms with Crippen LogP contribution in [0.3, 0.4) is 0 Å². The fraction of sp³-hybridized carbons (Fsp3) is 0.316. The first-order valence-corrected chi connectivity index (χ1v) is 8.00. The van der Waals surface area contributed by atoms with E-state index in [1.54, 1.807) is 0 Å². The summed E-state index contributed by atoms with van der Waals surface area (Å²) in [4.78, 5) is 0. The summed E-state index contributed by atoms with van der Waals surface area (Å²) < 4.78 is 2.07. The van der Waals surface area contributed by atoms with E-state index in [2.05, 4.69) is 84.7 Å². The van der Waals surface area contributed by atoms with Crippen molar-refractivity contribution in [2.24, 2.45) is 0 Å². The molecule has 1 atom stereocenters. The molecule has 3 heteroatoms. The molecule has 3 nitrogen and oxygen atoms in total. The molecule has 2 rings (SSSR count). The smallest absolute Gasteiger partial charge is 0.260 e. The van der Waals surface area contributed by atoms with Gasteiger partial charge in [0.2, 0.25) is 0 Å². The Bertz CT molecular complexity index is 605. The number of aryl methyl sites for hydroxylation is 1. The molecule has 0 aliphatic carbocycles. The number of nitrogens with one attached hydrogen (secondary N) is 2. The van der Waals surface area contributed by atoms with E-state index in [0.29, 0.717) is 0 Å². The lowest BCUT2D eigenvalue weighted by molar-refractivity contribution is -0.512. The summed E-state index contributed by atoms with van der Waals surface area (Å²) in [6, 6.07) is 19.3. The minimum atomic E-state index is 0.224. The van der Waals surface area contributed by atoms with Crippen molar-refractivity contribution in [2.75, 3.05) is 6.54 Å². The van der Waals surface area contributed by atoms with Crippen LogP contribution in [-0.2, 0) is 6.42 Å². The third-order valence-electron chi connectivity index (χ3n) is 3.65. The second-order valence-corrected chi connectivity index (χ2v) is 5.34. The highest BCUT2D eigenvalue weighted by Crippen LogP contribution is 2.17.